The number of fused-ring (bicyclic) bond motifs is 1. The third-order valence-corrected chi connectivity index (χ3v) is 4.18. The van der Waals surface area contributed by atoms with Crippen LogP contribution in [0.2, 0.25) is 0 Å². The van der Waals surface area contributed by atoms with Crippen LogP contribution in [0.15, 0.2) is 46.1 Å². The molecule has 1 amide bonds. The number of carbonyl (C=O) groups is 1. The first-order valence-electron chi connectivity index (χ1n) is 8.48. The molecule has 0 unspecified atom stereocenters. The third kappa shape index (κ3) is 3.74. The smallest absolute Gasteiger partial charge is 0.332 e. The van der Waals surface area contributed by atoms with Crippen LogP contribution in [-0.4, -0.2) is 26.6 Å². The van der Waals surface area contributed by atoms with Gasteiger partial charge in [0.25, 0.3) is 5.56 Å². The number of aryl methyl sites for hydroxylation is 1. The first-order valence-corrected chi connectivity index (χ1v) is 8.48. The van der Waals surface area contributed by atoms with Gasteiger partial charge in [0.05, 0.1) is 30.3 Å². The fourth-order valence-corrected chi connectivity index (χ4v) is 2.79. The number of carbonyl (C=O) groups excluding carboxylic acids is 1. The van der Waals surface area contributed by atoms with Crippen molar-refractivity contribution in [3.8, 4) is 5.75 Å². The zero-order valence-corrected chi connectivity index (χ0v) is 15.4. The molecule has 0 atom stereocenters. The number of hydrogen-bond acceptors (Lipinski definition) is 5. The Morgan fingerprint density at radius 2 is 1.85 bits per heavy atom. The fraction of sp³-hybridized carbons (Fsp3) is 0.263. The molecule has 1 N–H and O–H groups in total. The number of hydrogen-bond donors (Lipinski definition) is 1. The van der Waals surface area contributed by atoms with E-state index in [0.29, 0.717) is 12.3 Å². The first-order chi connectivity index (χ1) is 12.9. The van der Waals surface area contributed by atoms with Gasteiger partial charge in [0.15, 0.2) is 0 Å². The lowest BCUT2D eigenvalue weighted by Gasteiger charge is -2.09. The van der Waals surface area contributed by atoms with Crippen LogP contribution in [0.3, 0.4) is 0 Å². The average Bonchev–Trinajstić information content (AvgIpc) is 2.66. The number of rotatable bonds is 5. The quantitative estimate of drug-likeness (QED) is 0.730. The molecule has 0 radical (unpaired) electrons. The second-order valence-electron chi connectivity index (χ2n) is 6.10. The van der Waals surface area contributed by atoms with E-state index < -0.39 is 11.2 Å². The van der Waals surface area contributed by atoms with Gasteiger partial charge < -0.3 is 10.1 Å². The monoisotopic (exact) mass is 368 g/mol. The molecular weight excluding hydrogens is 348 g/mol. The molecule has 2 heterocycles. The van der Waals surface area contributed by atoms with Gasteiger partial charge in [-0.1, -0.05) is 12.1 Å². The van der Waals surface area contributed by atoms with Crippen molar-refractivity contribution in [1.29, 1.82) is 0 Å². The minimum atomic E-state index is -0.455. The molecule has 0 bridgehead atoms. The highest BCUT2D eigenvalue weighted by Gasteiger charge is 2.11. The van der Waals surface area contributed by atoms with Crippen molar-refractivity contribution in [2.75, 3.05) is 11.9 Å². The van der Waals surface area contributed by atoms with Crippen molar-refractivity contribution >= 4 is 22.6 Å². The molecule has 27 heavy (non-hydrogen) atoms. The van der Waals surface area contributed by atoms with Crippen LogP contribution in [0.4, 0.5) is 5.69 Å². The highest BCUT2D eigenvalue weighted by Crippen LogP contribution is 2.15. The standard InChI is InChI=1S/C19H20N4O4/c1-4-27-14-7-5-12(6-8-14)9-16(24)21-13-10-15-17(20-11-13)22(2)19(26)23(3)18(15)25/h5-8,10-11H,4,9H2,1-3H3,(H,21,24). The summed E-state index contributed by atoms with van der Waals surface area (Å²) in [7, 11) is 2.95. The number of nitrogens with one attached hydrogen (secondary N) is 1. The van der Waals surface area contributed by atoms with Gasteiger partial charge in [-0.3, -0.25) is 18.7 Å². The van der Waals surface area contributed by atoms with E-state index >= 15 is 0 Å². The minimum Gasteiger partial charge on any atom is -0.494 e. The Morgan fingerprint density at radius 3 is 2.52 bits per heavy atom. The summed E-state index contributed by atoms with van der Waals surface area (Å²) in [5, 5.41) is 3.00. The van der Waals surface area contributed by atoms with E-state index in [2.05, 4.69) is 10.3 Å². The molecule has 3 rings (SSSR count). The van der Waals surface area contributed by atoms with Crippen LogP contribution >= 0.6 is 0 Å². The molecule has 140 valence electrons. The molecular formula is C19H20N4O4. The summed E-state index contributed by atoms with van der Waals surface area (Å²) in [6.45, 7) is 2.49. The zero-order chi connectivity index (χ0) is 19.6. The van der Waals surface area contributed by atoms with Gasteiger partial charge in [-0.05, 0) is 30.7 Å². The van der Waals surface area contributed by atoms with Crippen LogP contribution in [0.5, 0.6) is 5.75 Å². The van der Waals surface area contributed by atoms with Gasteiger partial charge in [0, 0.05) is 14.1 Å². The highest BCUT2D eigenvalue weighted by atomic mass is 16.5. The summed E-state index contributed by atoms with van der Waals surface area (Å²) in [6.07, 6.45) is 1.60. The van der Waals surface area contributed by atoms with E-state index in [0.717, 1.165) is 15.9 Å². The van der Waals surface area contributed by atoms with Crippen molar-refractivity contribution in [3.05, 3.63) is 62.9 Å². The van der Waals surface area contributed by atoms with Crippen LogP contribution in [-0.2, 0) is 25.3 Å². The topological polar surface area (TPSA) is 95.2 Å². The van der Waals surface area contributed by atoms with Gasteiger partial charge in [-0.15, -0.1) is 0 Å². The lowest BCUT2D eigenvalue weighted by atomic mass is 10.1. The van der Waals surface area contributed by atoms with Crippen molar-refractivity contribution in [3.63, 3.8) is 0 Å². The van der Waals surface area contributed by atoms with Crippen LogP contribution < -0.4 is 21.3 Å². The van der Waals surface area contributed by atoms with Crippen LogP contribution in [0.1, 0.15) is 12.5 Å². The van der Waals surface area contributed by atoms with Gasteiger partial charge >= 0.3 is 5.69 Å². The van der Waals surface area contributed by atoms with Gasteiger partial charge in [-0.2, -0.15) is 0 Å². The third-order valence-electron chi connectivity index (χ3n) is 4.18. The summed E-state index contributed by atoms with van der Waals surface area (Å²) < 4.78 is 7.68. The number of aromatic nitrogens is 3. The van der Waals surface area contributed by atoms with E-state index in [4.69, 9.17) is 4.74 Å². The number of nitrogens with zero attached hydrogens (tertiary/aromatic N) is 3. The predicted molar refractivity (Wildman–Crippen MR) is 102 cm³/mol. The maximum atomic E-state index is 12.3. The summed E-state index contributed by atoms with van der Waals surface area (Å²) in [5.41, 5.74) is 0.598. The highest BCUT2D eigenvalue weighted by molar-refractivity contribution is 5.93. The van der Waals surface area contributed by atoms with Crippen LogP contribution in [0, 0.1) is 0 Å². The molecule has 0 fully saturated rings. The predicted octanol–water partition coefficient (Wildman–Crippen LogP) is 1.21. The lowest BCUT2D eigenvalue weighted by Crippen LogP contribution is -2.37. The minimum absolute atomic E-state index is 0.176. The van der Waals surface area contributed by atoms with E-state index in [1.165, 1.54) is 23.9 Å². The van der Waals surface area contributed by atoms with Gasteiger partial charge in [0.2, 0.25) is 5.91 Å². The Kier molecular flexibility index (Phi) is 5.07. The number of pyridine rings is 1. The fourth-order valence-electron chi connectivity index (χ4n) is 2.79. The summed E-state index contributed by atoms with van der Waals surface area (Å²) in [6, 6.07) is 8.81. The average molecular weight is 368 g/mol. The molecule has 3 aromatic rings. The summed E-state index contributed by atoms with van der Waals surface area (Å²) in [4.78, 5) is 40.7. The van der Waals surface area contributed by atoms with E-state index in [1.807, 2.05) is 31.2 Å². The number of ether oxygens (including phenoxy) is 1. The van der Waals surface area contributed by atoms with Crippen LogP contribution in [0.25, 0.3) is 11.0 Å². The molecule has 2 aromatic heterocycles. The molecule has 0 saturated carbocycles. The molecule has 0 saturated heterocycles. The van der Waals surface area contributed by atoms with Gasteiger partial charge in [0.1, 0.15) is 11.4 Å². The number of anilines is 1. The second-order valence-corrected chi connectivity index (χ2v) is 6.10. The Hall–Kier alpha value is -3.42. The summed E-state index contributed by atoms with van der Waals surface area (Å²) in [5.74, 6) is 0.517. The first kappa shape index (κ1) is 18.4. The van der Waals surface area contributed by atoms with Crippen molar-refractivity contribution in [1.82, 2.24) is 14.1 Å². The van der Waals surface area contributed by atoms with Crippen molar-refractivity contribution in [2.24, 2.45) is 14.1 Å². The van der Waals surface area contributed by atoms with Crippen molar-refractivity contribution < 1.29 is 9.53 Å². The Balaban J connectivity index is 1.81. The molecule has 1 aromatic carbocycles. The molecule has 0 aliphatic carbocycles. The Labute approximate surface area is 155 Å². The van der Waals surface area contributed by atoms with E-state index in [1.54, 1.807) is 7.05 Å². The maximum absolute atomic E-state index is 12.3. The molecule has 8 heteroatoms. The molecule has 8 nitrogen and oxygen atoms in total. The molecule has 0 aliphatic heterocycles. The Morgan fingerprint density at radius 1 is 1.15 bits per heavy atom. The van der Waals surface area contributed by atoms with E-state index in [-0.39, 0.29) is 23.4 Å². The summed E-state index contributed by atoms with van der Waals surface area (Å²) >= 11 is 0. The zero-order valence-electron chi connectivity index (χ0n) is 15.4. The molecule has 0 aliphatic rings. The Bertz CT molecular complexity index is 1110. The van der Waals surface area contributed by atoms with Gasteiger partial charge in [-0.25, -0.2) is 9.78 Å². The van der Waals surface area contributed by atoms with E-state index in [9.17, 15) is 14.4 Å². The normalized spacial score (nSPS) is 10.8. The maximum Gasteiger partial charge on any atom is 0.332 e. The largest absolute Gasteiger partial charge is 0.494 e. The number of benzene rings is 1. The SMILES string of the molecule is CCOc1ccc(CC(=O)Nc2cnc3c(c2)c(=O)n(C)c(=O)n3C)cc1. The second kappa shape index (κ2) is 7.45. The number of amides is 1. The van der Waals surface area contributed by atoms with Crippen molar-refractivity contribution in [2.45, 2.75) is 13.3 Å². The lowest BCUT2D eigenvalue weighted by molar-refractivity contribution is -0.115. The molecule has 0 spiro atoms.